The van der Waals surface area contributed by atoms with Gasteiger partial charge in [0, 0.05) is 31.4 Å². The zero-order chi connectivity index (χ0) is 19.2. The maximum absolute atomic E-state index is 12.2. The van der Waals surface area contributed by atoms with Crippen LogP contribution < -0.4 is 10.1 Å². The topological polar surface area (TPSA) is 63.7 Å². The molecule has 1 aromatic heterocycles. The maximum atomic E-state index is 12.2. The maximum Gasteiger partial charge on any atom is 0.226 e. The predicted molar refractivity (Wildman–Crippen MR) is 107 cm³/mol. The molecule has 1 aliphatic heterocycles. The number of nitrogens with zero attached hydrogens (tertiary/aromatic N) is 2. The van der Waals surface area contributed by atoms with Crippen LogP contribution in [0.3, 0.4) is 0 Å². The highest BCUT2D eigenvalue weighted by molar-refractivity contribution is 7.13. The van der Waals surface area contributed by atoms with E-state index in [4.69, 9.17) is 9.47 Å². The average molecular weight is 390 g/mol. The summed E-state index contributed by atoms with van der Waals surface area (Å²) < 4.78 is 10.9. The fourth-order valence-corrected chi connectivity index (χ4v) is 4.03. The van der Waals surface area contributed by atoms with Crippen LogP contribution in [0.5, 0.6) is 5.75 Å². The Balaban J connectivity index is 1.46. The molecular weight excluding hydrogens is 362 g/mol. The summed E-state index contributed by atoms with van der Waals surface area (Å²) in [4.78, 5) is 19.1. The number of carbonyl (C=O) groups excluding carboxylic acids is 1. The van der Waals surface area contributed by atoms with Crippen molar-refractivity contribution in [1.82, 2.24) is 9.88 Å². The van der Waals surface area contributed by atoms with Crippen LogP contribution >= 0.6 is 11.3 Å². The highest BCUT2D eigenvalue weighted by Crippen LogP contribution is 2.20. The fourth-order valence-electron chi connectivity index (χ4n) is 3.31. The minimum Gasteiger partial charge on any atom is -0.497 e. The zero-order valence-electron chi connectivity index (χ0n) is 16.1. The Morgan fingerprint density at radius 1 is 1.30 bits per heavy atom. The number of ether oxygens (including phenoxy) is 2. The Hall–Kier alpha value is -1.96. The number of thiazole rings is 1. The number of hydrogen-bond acceptors (Lipinski definition) is 6. The van der Waals surface area contributed by atoms with E-state index < -0.39 is 0 Å². The fraction of sp³-hybridized carbons (Fsp3) is 0.500. The Bertz CT molecular complexity index is 737. The van der Waals surface area contributed by atoms with Crippen LogP contribution in [0.1, 0.15) is 31.5 Å². The highest BCUT2D eigenvalue weighted by Gasteiger charge is 2.22. The molecule has 1 fully saturated rings. The number of amides is 1. The summed E-state index contributed by atoms with van der Waals surface area (Å²) in [6.07, 6.45) is 1.60. The highest BCUT2D eigenvalue weighted by atomic mass is 32.1. The van der Waals surface area contributed by atoms with Crippen LogP contribution in [0.25, 0.3) is 0 Å². The number of anilines is 1. The molecule has 2 heterocycles. The molecule has 1 saturated heterocycles. The third kappa shape index (κ3) is 6.02. The van der Waals surface area contributed by atoms with Crippen molar-refractivity contribution < 1.29 is 14.3 Å². The molecule has 146 valence electrons. The third-order valence-electron chi connectivity index (χ3n) is 4.48. The van der Waals surface area contributed by atoms with Crippen molar-refractivity contribution in [2.75, 3.05) is 25.5 Å². The van der Waals surface area contributed by atoms with Crippen molar-refractivity contribution in [1.29, 1.82) is 0 Å². The van der Waals surface area contributed by atoms with Crippen molar-refractivity contribution in [2.24, 2.45) is 0 Å². The molecule has 0 bridgehead atoms. The van der Waals surface area contributed by atoms with Gasteiger partial charge in [0.25, 0.3) is 0 Å². The summed E-state index contributed by atoms with van der Waals surface area (Å²) in [7, 11) is 1.64. The van der Waals surface area contributed by atoms with Crippen molar-refractivity contribution in [3.63, 3.8) is 0 Å². The van der Waals surface area contributed by atoms with Gasteiger partial charge < -0.3 is 14.8 Å². The first-order chi connectivity index (χ1) is 13.0. The molecule has 2 atom stereocenters. The lowest BCUT2D eigenvalue weighted by Gasteiger charge is -2.34. The van der Waals surface area contributed by atoms with Crippen LogP contribution in [-0.2, 0) is 22.5 Å². The number of methoxy groups -OCH3 is 1. The Morgan fingerprint density at radius 3 is 2.67 bits per heavy atom. The van der Waals surface area contributed by atoms with E-state index in [-0.39, 0.29) is 18.1 Å². The molecule has 27 heavy (non-hydrogen) atoms. The van der Waals surface area contributed by atoms with Gasteiger partial charge in [-0.15, -0.1) is 11.3 Å². The number of nitrogens with one attached hydrogen (secondary N) is 1. The number of benzene rings is 1. The molecule has 0 aliphatic carbocycles. The molecule has 1 N–H and O–H groups in total. The summed E-state index contributed by atoms with van der Waals surface area (Å²) in [5.41, 5.74) is 2.10. The second kappa shape index (κ2) is 9.30. The van der Waals surface area contributed by atoms with E-state index in [9.17, 15) is 4.79 Å². The lowest BCUT2D eigenvalue weighted by molar-refractivity contribution is -0.116. The first-order valence-electron chi connectivity index (χ1n) is 9.27. The molecule has 1 aliphatic rings. The SMILES string of the molecule is COc1ccc(CCC(=O)Nc2nc(CN3CC(C)OC(C)C3)cs2)cc1. The summed E-state index contributed by atoms with van der Waals surface area (Å²) in [6.45, 7) is 6.80. The molecule has 0 spiro atoms. The summed E-state index contributed by atoms with van der Waals surface area (Å²) in [6, 6.07) is 7.79. The first-order valence-corrected chi connectivity index (χ1v) is 10.1. The molecule has 6 nitrogen and oxygen atoms in total. The molecule has 2 aromatic rings. The number of rotatable bonds is 7. The number of morpholine rings is 1. The summed E-state index contributed by atoms with van der Waals surface area (Å²) in [5, 5.41) is 5.59. The van der Waals surface area contributed by atoms with Crippen molar-refractivity contribution >= 4 is 22.4 Å². The number of carbonyl (C=O) groups is 1. The van der Waals surface area contributed by atoms with Gasteiger partial charge in [-0.25, -0.2) is 4.98 Å². The van der Waals surface area contributed by atoms with Gasteiger partial charge in [-0.2, -0.15) is 0 Å². The summed E-state index contributed by atoms with van der Waals surface area (Å²) in [5.74, 6) is 0.808. The van der Waals surface area contributed by atoms with Crippen LogP contribution in [0, 0.1) is 0 Å². The Labute approximate surface area is 164 Å². The van der Waals surface area contributed by atoms with E-state index in [0.717, 1.165) is 36.6 Å². The quantitative estimate of drug-likeness (QED) is 0.787. The third-order valence-corrected chi connectivity index (χ3v) is 5.29. The molecule has 2 unspecified atom stereocenters. The lowest BCUT2D eigenvalue weighted by Crippen LogP contribution is -2.44. The van der Waals surface area contributed by atoms with Crippen LogP contribution in [0.4, 0.5) is 5.13 Å². The minimum absolute atomic E-state index is 0.0136. The Morgan fingerprint density at radius 2 is 2.00 bits per heavy atom. The van der Waals surface area contributed by atoms with Gasteiger partial charge in [-0.3, -0.25) is 9.69 Å². The molecule has 0 saturated carbocycles. The van der Waals surface area contributed by atoms with E-state index >= 15 is 0 Å². The monoisotopic (exact) mass is 389 g/mol. The largest absolute Gasteiger partial charge is 0.497 e. The molecule has 3 rings (SSSR count). The van der Waals surface area contributed by atoms with Crippen LogP contribution in [0.15, 0.2) is 29.6 Å². The lowest BCUT2D eigenvalue weighted by atomic mass is 10.1. The number of aromatic nitrogens is 1. The molecule has 1 aromatic carbocycles. The van der Waals surface area contributed by atoms with Gasteiger partial charge in [0.15, 0.2) is 5.13 Å². The van der Waals surface area contributed by atoms with Gasteiger partial charge in [0.1, 0.15) is 5.75 Å². The normalized spacial score (nSPS) is 20.4. The van der Waals surface area contributed by atoms with E-state index in [1.165, 1.54) is 11.3 Å². The molecule has 0 radical (unpaired) electrons. The van der Waals surface area contributed by atoms with Gasteiger partial charge in [-0.1, -0.05) is 12.1 Å². The van der Waals surface area contributed by atoms with E-state index in [0.29, 0.717) is 18.0 Å². The zero-order valence-corrected chi connectivity index (χ0v) is 16.9. The Kier molecular flexibility index (Phi) is 6.82. The predicted octanol–water partition coefficient (Wildman–Crippen LogP) is 3.33. The van der Waals surface area contributed by atoms with Gasteiger partial charge in [-0.05, 0) is 38.0 Å². The average Bonchev–Trinajstić information content (AvgIpc) is 3.06. The van der Waals surface area contributed by atoms with Crippen molar-refractivity contribution in [2.45, 2.75) is 45.4 Å². The van der Waals surface area contributed by atoms with E-state index in [2.05, 4.69) is 29.0 Å². The second-order valence-electron chi connectivity index (χ2n) is 6.99. The van der Waals surface area contributed by atoms with Crippen molar-refractivity contribution in [3.8, 4) is 5.75 Å². The van der Waals surface area contributed by atoms with Gasteiger partial charge >= 0.3 is 0 Å². The smallest absolute Gasteiger partial charge is 0.226 e. The first kappa shape index (κ1) is 19.8. The number of aryl methyl sites for hydroxylation is 1. The van der Waals surface area contributed by atoms with Gasteiger partial charge in [0.2, 0.25) is 5.91 Å². The van der Waals surface area contributed by atoms with E-state index in [1.54, 1.807) is 7.11 Å². The number of hydrogen-bond donors (Lipinski definition) is 1. The van der Waals surface area contributed by atoms with E-state index in [1.807, 2.05) is 29.6 Å². The molecule has 1 amide bonds. The molecule has 7 heteroatoms. The van der Waals surface area contributed by atoms with Crippen LogP contribution in [0.2, 0.25) is 0 Å². The molecular formula is C20H27N3O3S. The van der Waals surface area contributed by atoms with Crippen LogP contribution in [-0.4, -0.2) is 48.2 Å². The van der Waals surface area contributed by atoms with Crippen molar-refractivity contribution in [3.05, 3.63) is 40.9 Å². The standard InChI is InChI=1S/C20H27N3O3S/c1-14-10-23(11-15(2)26-14)12-17-13-27-20(21-17)22-19(24)9-6-16-4-7-18(25-3)8-5-16/h4-5,7-8,13-15H,6,9-12H2,1-3H3,(H,21,22,24). The minimum atomic E-state index is -0.0136. The summed E-state index contributed by atoms with van der Waals surface area (Å²) >= 11 is 1.48. The van der Waals surface area contributed by atoms with Gasteiger partial charge in [0.05, 0.1) is 25.0 Å². The second-order valence-corrected chi connectivity index (χ2v) is 7.85.